The molecule has 0 saturated heterocycles. The molecule has 2 rings (SSSR count). The first-order valence-electron chi connectivity index (χ1n) is 18.5. The van der Waals surface area contributed by atoms with Gasteiger partial charge in [-0.1, -0.05) is 110 Å². The molecule has 0 radical (unpaired) electrons. The standard InChI is InChI=1S/C39H70N2O5SSi2/c1-13-14-18-23-31(45-48(9,10)37(2,3)4)27-28-33-34(46-49(11,12)38(5,6)7)30-35(41-8)39(33,29-22-16-15-21-26-36(40)42)47(43,44)32-24-19-17-20-25-32/h16-17,19-20,22,24-25,27-28,31,33-35,41H,13-15,18,21,23,26,29-30H2,1-12H3,(H2,40,42)/b22-16-,28-27+/t31-,33-,34+,35-,39+/m0/s1. The van der Waals surface area contributed by atoms with E-state index >= 15 is 8.42 Å². The molecule has 1 amide bonds. The summed E-state index contributed by atoms with van der Waals surface area (Å²) < 4.78 is 43.5. The predicted octanol–water partition coefficient (Wildman–Crippen LogP) is 9.33. The Morgan fingerprint density at radius 2 is 1.61 bits per heavy atom. The topological polar surface area (TPSA) is 108 Å². The van der Waals surface area contributed by atoms with Crippen LogP contribution in [0.3, 0.4) is 0 Å². The fourth-order valence-electron chi connectivity index (χ4n) is 6.39. The molecular formula is C39H70N2O5SSi2. The lowest BCUT2D eigenvalue weighted by Gasteiger charge is -2.42. The van der Waals surface area contributed by atoms with Crippen molar-refractivity contribution in [3.05, 3.63) is 54.6 Å². The second-order valence-electron chi connectivity index (χ2n) is 17.1. The van der Waals surface area contributed by atoms with Gasteiger partial charge in [0.15, 0.2) is 26.5 Å². The summed E-state index contributed by atoms with van der Waals surface area (Å²) in [5.74, 6) is -0.761. The molecule has 0 aromatic heterocycles. The minimum absolute atomic E-state index is 0.0438. The Morgan fingerprint density at radius 3 is 2.14 bits per heavy atom. The Hall–Kier alpha value is -1.57. The molecule has 0 bridgehead atoms. The molecule has 0 aliphatic heterocycles. The molecule has 1 aliphatic carbocycles. The quantitative estimate of drug-likeness (QED) is 0.0834. The van der Waals surface area contributed by atoms with Crippen LogP contribution in [0.2, 0.25) is 36.3 Å². The zero-order valence-corrected chi connectivity index (χ0v) is 35.7. The first-order valence-corrected chi connectivity index (χ1v) is 25.8. The monoisotopic (exact) mass is 734 g/mol. The molecule has 0 unspecified atom stereocenters. The van der Waals surface area contributed by atoms with E-state index in [1.807, 2.05) is 25.3 Å². The summed E-state index contributed by atoms with van der Waals surface area (Å²) in [5, 5.41) is 3.47. The predicted molar refractivity (Wildman–Crippen MR) is 212 cm³/mol. The number of nitrogens with one attached hydrogen (secondary N) is 1. The van der Waals surface area contributed by atoms with Crippen molar-refractivity contribution < 1.29 is 22.1 Å². The molecule has 1 fully saturated rings. The number of unbranched alkanes of at least 4 members (excludes halogenated alkanes) is 3. The number of amides is 1. The minimum atomic E-state index is -3.90. The summed E-state index contributed by atoms with van der Waals surface area (Å²) in [7, 11) is -6.45. The third kappa shape index (κ3) is 11.0. The van der Waals surface area contributed by atoms with E-state index in [2.05, 4.69) is 92.1 Å². The Morgan fingerprint density at radius 1 is 1.00 bits per heavy atom. The highest BCUT2D eigenvalue weighted by Gasteiger charge is 2.62. The number of sulfone groups is 1. The van der Waals surface area contributed by atoms with Crippen molar-refractivity contribution in [3.8, 4) is 0 Å². The van der Waals surface area contributed by atoms with Gasteiger partial charge in [0.2, 0.25) is 5.91 Å². The van der Waals surface area contributed by atoms with Gasteiger partial charge >= 0.3 is 0 Å². The number of nitrogens with two attached hydrogens (primary N) is 1. The van der Waals surface area contributed by atoms with E-state index in [0.29, 0.717) is 37.0 Å². The molecule has 0 heterocycles. The summed E-state index contributed by atoms with van der Waals surface area (Å²) in [6, 6.07) is 8.53. The van der Waals surface area contributed by atoms with Crippen LogP contribution < -0.4 is 11.1 Å². The lowest BCUT2D eigenvalue weighted by molar-refractivity contribution is -0.118. The number of carbonyl (C=O) groups excluding carboxylic acids is 1. The summed E-state index contributed by atoms with van der Waals surface area (Å²) in [6.45, 7) is 24.8. The highest BCUT2D eigenvalue weighted by Crippen LogP contribution is 2.52. The van der Waals surface area contributed by atoms with Crippen molar-refractivity contribution in [2.75, 3.05) is 7.05 Å². The largest absolute Gasteiger partial charge is 0.413 e. The van der Waals surface area contributed by atoms with E-state index in [9.17, 15) is 4.79 Å². The molecule has 10 heteroatoms. The summed E-state index contributed by atoms with van der Waals surface area (Å²) in [4.78, 5) is 11.7. The van der Waals surface area contributed by atoms with Crippen LogP contribution in [0.4, 0.5) is 0 Å². The fraction of sp³-hybridized carbons (Fsp3) is 0.718. The van der Waals surface area contributed by atoms with Gasteiger partial charge in [-0.2, -0.15) is 0 Å². The van der Waals surface area contributed by atoms with Crippen molar-refractivity contribution in [1.29, 1.82) is 0 Å². The second kappa shape index (κ2) is 17.8. The van der Waals surface area contributed by atoms with Gasteiger partial charge in [-0.3, -0.25) is 4.79 Å². The first kappa shape index (κ1) is 43.6. The van der Waals surface area contributed by atoms with Gasteiger partial charge in [-0.25, -0.2) is 8.42 Å². The van der Waals surface area contributed by atoms with Crippen LogP contribution in [0.15, 0.2) is 59.5 Å². The molecule has 0 spiro atoms. The van der Waals surface area contributed by atoms with E-state index in [1.165, 1.54) is 0 Å². The van der Waals surface area contributed by atoms with E-state index in [-0.39, 0.29) is 34.2 Å². The maximum absolute atomic E-state index is 15.2. The number of carbonyl (C=O) groups is 1. The lowest BCUT2D eigenvalue weighted by Crippen LogP contribution is -2.55. The molecule has 5 atom stereocenters. The molecule has 3 N–H and O–H groups in total. The van der Waals surface area contributed by atoms with Crippen LogP contribution in [0.25, 0.3) is 0 Å². The minimum Gasteiger partial charge on any atom is -0.413 e. The smallest absolute Gasteiger partial charge is 0.217 e. The Labute approximate surface area is 302 Å². The lowest BCUT2D eigenvalue weighted by atomic mass is 9.87. The molecule has 1 aliphatic rings. The maximum atomic E-state index is 15.2. The highest BCUT2D eigenvalue weighted by molar-refractivity contribution is 7.93. The highest BCUT2D eigenvalue weighted by atomic mass is 32.2. The van der Waals surface area contributed by atoms with Gasteiger partial charge < -0.3 is 19.9 Å². The Kier molecular flexibility index (Phi) is 15.8. The van der Waals surface area contributed by atoms with E-state index in [4.69, 9.17) is 14.6 Å². The van der Waals surface area contributed by atoms with Crippen molar-refractivity contribution in [3.63, 3.8) is 0 Å². The Bertz CT molecular complexity index is 1350. The molecule has 1 aromatic rings. The van der Waals surface area contributed by atoms with Gasteiger partial charge in [-0.15, -0.1) is 0 Å². The number of allylic oxidation sites excluding steroid dienone is 2. The van der Waals surface area contributed by atoms with Gasteiger partial charge in [0.1, 0.15) is 4.75 Å². The fourth-order valence-corrected chi connectivity index (χ4v) is 11.5. The third-order valence-electron chi connectivity index (χ3n) is 11.5. The normalized spacial score (nSPS) is 23.5. The molecule has 1 saturated carbocycles. The second-order valence-corrected chi connectivity index (χ2v) is 28.9. The first-order chi connectivity index (χ1) is 22.6. The Balaban J connectivity index is 2.84. The average Bonchev–Trinajstić information content (AvgIpc) is 3.29. The summed E-state index contributed by atoms with van der Waals surface area (Å²) in [6.07, 6.45) is 14.6. The van der Waals surface area contributed by atoms with Crippen LogP contribution in [0, 0.1) is 5.92 Å². The third-order valence-corrected chi connectivity index (χ3v) is 23.1. The van der Waals surface area contributed by atoms with Crippen molar-refractivity contribution in [2.45, 2.75) is 170 Å². The van der Waals surface area contributed by atoms with Gasteiger partial charge in [0, 0.05) is 18.4 Å². The van der Waals surface area contributed by atoms with Crippen molar-refractivity contribution >= 4 is 32.4 Å². The zero-order chi connectivity index (χ0) is 37.3. The molecule has 49 heavy (non-hydrogen) atoms. The maximum Gasteiger partial charge on any atom is 0.217 e. The van der Waals surface area contributed by atoms with Gasteiger partial charge in [0.25, 0.3) is 0 Å². The van der Waals surface area contributed by atoms with Crippen molar-refractivity contribution in [2.24, 2.45) is 11.7 Å². The SMILES string of the molecule is CCCCC[C@@H](/C=C/[C@H]1[C@H](O[Si](C)(C)C(C)(C)C)C[C@H](NC)[C@]1(C/C=C\CCCC(N)=O)S(=O)(=O)c1ccccc1)O[Si](C)(C)C(C)(C)C. The van der Waals surface area contributed by atoms with Crippen LogP contribution >= 0.6 is 0 Å². The van der Waals surface area contributed by atoms with E-state index < -0.39 is 37.1 Å². The van der Waals surface area contributed by atoms with Gasteiger partial charge in [-0.05, 0) is 87.5 Å². The van der Waals surface area contributed by atoms with Crippen LogP contribution in [-0.2, 0) is 23.5 Å². The zero-order valence-electron chi connectivity index (χ0n) is 32.9. The number of hydrogen-bond donors (Lipinski definition) is 2. The number of benzene rings is 1. The van der Waals surface area contributed by atoms with Crippen LogP contribution in [-0.4, -0.2) is 61.0 Å². The number of primary amides is 1. The molecule has 1 aromatic carbocycles. The van der Waals surface area contributed by atoms with E-state index in [1.54, 1.807) is 24.3 Å². The van der Waals surface area contributed by atoms with Crippen molar-refractivity contribution in [1.82, 2.24) is 5.32 Å². The van der Waals surface area contributed by atoms with Crippen LogP contribution in [0.5, 0.6) is 0 Å². The molecule has 7 nitrogen and oxygen atoms in total. The summed E-state index contributed by atoms with van der Waals surface area (Å²) in [5.41, 5.74) is 5.38. The summed E-state index contributed by atoms with van der Waals surface area (Å²) >= 11 is 0. The van der Waals surface area contributed by atoms with Gasteiger partial charge in [0.05, 0.1) is 17.1 Å². The molecule has 280 valence electrons. The van der Waals surface area contributed by atoms with Crippen LogP contribution in [0.1, 0.15) is 106 Å². The van der Waals surface area contributed by atoms with E-state index in [0.717, 1.165) is 25.7 Å². The average molecular weight is 735 g/mol. The molecular weight excluding hydrogens is 665 g/mol. The number of rotatable bonds is 19. The number of hydrogen-bond acceptors (Lipinski definition) is 6.